The van der Waals surface area contributed by atoms with Gasteiger partial charge in [-0.1, -0.05) is 0 Å². The van der Waals surface area contributed by atoms with Gasteiger partial charge in [0.15, 0.2) is 0 Å². The van der Waals surface area contributed by atoms with Crippen LogP contribution in [0, 0.1) is 0 Å². The summed E-state index contributed by atoms with van der Waals surface area (Å²) in [5.74, 6) is 0. The highest BCUT2D eigenvalue weighted by molar-refractivity contribution is 9.10. The number of aldehydes is 1. The minimum atomic E-state index is 0.771. The zero-order valence-electron chi connectivity index (χ0n) is 5.08. The van der Waals surface area contributed by atoms with Crippen molar-refractivity contribution in [3.63, 3.8) is 0 Å². The molecule has 0 amide bonds. The van der Waals surface area contributed by atoms with Gasteiger partial charge in [0, 0.05) is 14.7 Å². The Morgan fingerprint density at radius 2 is 2.40 bits per heavy atom. The fraction of sp³-hybridized carbons (Fsp3) is 0. The lowest BCUT2D eigenvalue weighted by Crippen LogP contribution is -1.58. The van der Waals surface area contributed by atoms with Crippen LogP contribution in [0.15, 0.2) is 22.0 Å². The second-order valence-electron chi connectivity index (χ2n) is 1.66. The van der Waals surface area contributed by atoms with Crippen molar-refractivity contribution < 1.29 is 4.79 Å². The Balaban J connectivity index is 2.75. The van der Waals surface area contributed by atoms with Crippen LogP contribution in [0.3, 0.4) is 0 Å². The van der Waals surface area contributed by atoms with Crippen molar-refractivity contribution in [1.29, 1.82) is 0 Å². The summed E-state index contributed by atoms with van der Waals surface area (Å²) in [6.45, 7) is 0. The zero-order valence-corrected chi connectivity index (χ0v) is 7.48. The normalized spacial score (nSPS) is 10.5. The minimum absolute atomic E-state index is 0.771. The number of carbonyl (C=O) groups excluding carboxylic acids is 1. The van der Waals surface area contributed by atoms with Crippen LogP contribution in [0.2, 0.25) is 0 Å². The third-order valence-corrected chi connectivity index (χ3v) is 2.59. The van der Waals surface area contributed by atoms with E-state index in [4.69, 9.17) is 0 Å². The summed E-state index contributed by atoms with van der Waals surface area (Å²) in [6, 6.07) is 1.96. The molecule has 0 N–H and O–H groups in total. The maximum absolute atomic E-state index is 9.89. The van der Waals surface area contributed by atoms with Gasteiger partial charge < -0.3 is 0 Å². The van der Waals surface area contributed by atoms with E-state index in [9.17, 15) is 4.79 Å². The van der Waals surface area contributed by atoms with E-state index in [-0.39, 0.29) is 0 Å². The molecule has 0 aliphatic carbocycles. The summed E-state index contributed by atoms with van der Waals surface area (Å²) < 4.78 is 1.06. The molecule has 10 heavy (non-hydrogen) atoms. The first-order valence-electron chi connectivity index (χ1n) is 2.69. The second kappa shape index (κ2) is 3.68. The first-order valence-corrected chi connectivity index (χ1v) is 4.36. The number of thiophene rings is 1. The Labute approximate surface area is 71.5 Å². The van der Waals surface area contributed by atoms with E-state index in [0.717, 1.165) is 15.6 Å². The topological polar surface area (TPSA) is 17.1 Å². The minimum Gasteiger partial charge on any atom is -0.299 e. The number of rotatable bonds is 2. The van der Waals surface area contributed by atoms with Gasteiger partial charge in [-0.05, 0) is 34.1 Å². The van der Waals surface area contributed by atoms with E-state index in [1.165, 1.54) is 6.08 Å². The predicted octanol–water partition coefficient (Wildman–Crippen LogP) is 2.72. The lowest BCUT2D eigenvalue weighted by molar-refractivity contribution is -0.104. The molecule has 0 saturated carbocycles. The Morgan fingerprint density at radius 1 is 1.60 bits per heavy atom. The van der Waals surface area contributed by atoms with E-state index in [1.807, 2.05) is 11.4 Å². The molecule has 0 aromatic carbocycles. The maximum atomic E-state index is 9.89. The van der Waals surface area contributed by atoms with Gasteiger partial charge >= 0.3 is 0 Å². The predicted molar refractivity (Wildman–Crippen MR) is 47.1 cm³/mol. The first-order chi connectivity index (χ1) is 4.83. The molecule has 0 aliphatic heterocycles. The molecule has 0 atom stereocenters. The van der Waals surface area contributed by atoms with Crippen molar-refractivity contribution in [2.75, 3.05) is 0 Å². The van der Waals surface area contributed by atoms with Gasteiger partial charge in [0.25, 0.3) is 0 Å². The van der Waals surface area contributed by atoms with Crippen LogP contribution in [0.4, 0.5) is 0 Å². The fourth-order valence-corrected chi connectivity index (χ4v) is 1.90. The molecule has 1 heterocycles. The summed E-state index contributed by atoms with van der Waals surface area (Å²) in [5, 5.41) is 1.98. The molecular weight excluding hydrogens is 212 g/mol. The quantitative estimate of drug-likeness (QED) is 0.549. The van der Waals surface area contributed by atoms with Crippen LogP contribution in [-0.2, 0) is 4.79 Å². The van der Waals surface area contributed by atoms with Gasteiger partial charge in [0.1, 0.15) is 6.29 Å². The smallest absolute Gasteiger partial charge is 0.142 e. The molecule has 52 valence electrons. The number of halogens is 1. The lowest BCUT2D eigenvalue weighted by atomic mass is 10.4. The Morgan fingerprint density at radius 3 is 2.90 bits per heavy atom. The van der Waals surface area contributed by atoms with Gasteiger partial charge in [-0.15, -0.1) is 11.3 Å². The highest BCUT2D eigenvalue weighted by Crippen LogP contribution is 2.20. The maximum Gasteiger partial charge on any atom is 0.142 e. The van der Waals surface area contributed by atoms with Gasteiger partial charge in [-0.2, -0.15) is 0 Å². The van der Waals surface area contributed by atoms with Crippen molar-refractivity contribution in [2.45, 2.75) is 0 Å². The summed E-state index contributed by atoms with van der Waals surface area (Å²) in [6.07, 6.45) is 4.04. The molecule has 1 rings (SSSR count). The van der Waals surface area contributed by atoms with Crippen molar-refractivity contribution in [3.8, 4) is 0 Å². The van der Waals surface area contributed by atoms with Crippen LogP contribution in [0.25, 0.3) is 6.08 Å². The summed E-state index contributed by atoms with van der Waals surface area (Å²) in [5.41, 5.74) is 0. The molecule has 0 radical (unpaired) electrons. The number of hydrogen-bond donors (Lipinski definition) is 0. The van der Waals surface area contributed by atoms with Gasteiger partial charge in [-0.3, -0.25) is 4.79 Å². The Hall–Kier alpha value is -0.410. The van der Waals surface area contributed by atoms with Crippen LogP contribution < -0.4 is 0 Å². The average Bonchev–Trinajstić information content (AvgIpc) is 2.31. The van der Waals surface area contributed by atoms with Crippen LogP contribution in [-0.4, -0.2) is 6.29 Å². The van der Waals surface area contributed by atoms with Crippen molar-refractivity contribution in [3.05, 3.63) is 26.9 Å². The zero-order chi connectivity index (χ0) is 7.40. The average molecular weight is 217 g/mol. The monoisotopic (exact) mass is 216 g/mol. The molecule has 0 spiro atoms. The molecule has 1 aromatic rings. The van der Waals surface area contributed by atoms with Gasteiger partial charge in [-0.25, -0.2) is 0 Å². The van der Waals surface area contributed by atoms with E-state index in [0.29, 0.717) is 0 Å². The molecule has 0 unspecified atom stereocenters. The molecular formula is C7H5BrOS. The molecule has 1 nitrogen and oxygen atoms in total. The molecule has 0 aliphatic rings. The van der Waals surface area contributed by atoms with Gasteiger partial charge in [0.05, 0.1) is 0 Å². The van der Waals surface area contributed by atoms with Crippen molar-refractivity contribution in [1.82, 2.24) is 0 Å². The molecule has 0 saturated heterocycles. The second-order valence-corrected chi connectivity index (χ2v) is 3.52. The SMILES string of the molecule is O=C/C=C/c1cc(Br)cs1. The first kappa shape index (κ1) is 7.69. The van der Waals surface area contributed by atoms with E-state index in [1.54, 1.807) is 17.4 Å². The van der Waals surface area contributed by atoms with Crippen LogP contribution in [0.1, 0.15) is 4.88 Å². The van der Waals surface area contributed by atoms with E-state index >= 15 is 0 Å². The molecule has 3 heteroatoms. The molecule has 0 bridgehead atoms. The third-order valence-electron chi connectivity index (χ3n) is 0.927. The Kier molecular flexibility index (Phi) is 2.83. The highest BCUT2D eigenvalue weighted by atomic mass is 79.9. The van der Waals surface area contributed by atoms with E-state index < -0.39 is 0 Å². The van der Waals surface area contributed by atoms with Crippen LogP contribution >= 0.6 is 27.3 Å². The summed E-state index contributed by atoms with van der Waals surface area (Å²) >= 11 is 4.91. The molecule has 0 fully saturated rings. The largest absolute Gasteiger partial charge is 0.299 e. The standard InChI is InChI=1S/C7H5BrOS/c8-6-4-7(10-5-6)2-1-3-9/h1-5H/b2-1+. The van der Waals surface area contributed by atoms with Gasteiger partial charge in [0.2, 0.25) is 0 Å². The van der Waals surface area contributed by atoms with E-state index in [2.05, 4.69) is 15.9 Å². The summed E-state index contributed by atoms with van der Waals surface area (Å²) in [4.78, 5) is 11.0. The molecule has 1 aromatic heterocycles. The Bertz CT molecular complexity index is 252. The number of hydrogen-bond acceptors (Lipinski definition) is 2. The van der Waals surface area contributed by atoms with Crippen molar-refractivity contribution in [2.24, 2.45) is 0 Å². The van der Waals surface area contributed by atoms with Crippen molar-refractivity contribution >= 4 is 39.6 Å². The highest BCUT2D eigenvalue weighted by Gasteiger charge is 1.90. The summed E-state index contributed by atoms with van der Waals surface area (Å²) in [7, 11) is 0. The number of carbonyl (C=O) groups is 1. The lowest BCUT2D eigenvalue weighted by Gasteiger charge is -1.75. The fourth-order valence-electron chi connectivity index (χ4n) is 0.550. The third kappa shape index (κ3) is 2.08. The number of allylic oxidation sites excluding steroid dienone is 1. The van der Waals surface area contributed by atoms with Crippen LogP contribution in [0.5, 0.6) is 0 Å².